The molecule has 94 valence electrons. The Hall–Kier alpha value is -2.17. The van der Waals surface area contributed by atoms with Gasteiger partial charge in [0.05, 0.1) is 5.69 Å². The first-order chi connectivity index (χ1) is 8.68. The van der Waals surface area contributed by atoms with Gasteiger partial charge in [-0.15, -0.1) is 0 Å². The molecule has 1 fully saturated rings. The van der Waals surface area contributed by atoms with Gasteiger partial charge < -0.3 is 0 Å². The lowest BCUT2D eigenvalue weighted by Gasteiger charge is -2.15. The summed E-state index contributed by atoms with van der Waals surface area (Å²) in [6.45, 7) is 1.98. The Morgan fingerprint density at radius 2 is 2.06 bits per heavy atom. The standard InChI is InChI=1S/C13H15N3O2/c1-10(17)13(16-9-5-8-12(16)18)15-14-11-6-3-2-4-7-11/h2-4,6-7,14H,5,8-9H2,1H3/b15-13+. The molecule has 0 saturated carbocycles. The van der Waals surface area contributed by atoms with Gasteiger partial charge in [0, 0.05) is 19.9 Å². The molecule has 0 unspecified atom stereocenters. The van der Waals surface area contributed by atoms with E-state index >= 15 is 0 Å². The highest BCUT2D eigenvalue weighted by Crippen LogP contribution is 2.12. The molecule has 1 aromatic rings. The molecule has 1 N–H and O–H groups in total. The van der Waals surface area contributed by atoms with E-state index in [1.807, 2.05) is 30.3 Å². The van der Waals surface area contributed by atoms with Crippen molar-refractivity contribution in [1.29, 1.82) is 0 Å². The van der Waals surface area contributed by atoms with Crippen molar-refractivity contribution in [3.8, 4) is 0 Å². The molecule has 0 aromatic heterocycles. The van der Waals surface area contributed by atoms with E-state index in [9.17, 15) is 9.59 Å². The molecular formula is C13H15N3O2. The number of hydrazone groups is 1. The number of para-hydroxylation sites is 1. The maximum absolute atomic E-state index is 11.6. The number of rotatable bonds is 3. The van der Waals surface area contributed by atoms with Gasteiger partial charge >= 0.3 is 0 Å². The summed E-state index contributed by atoms with van der Waals surface area (Å²) in [4.78, 5) is 24.6. The number of amides is 1. The van der Waals surface area contributed by atoms with Gasteiger partial charge in [-0.25, -0.2) is 0 Å². The summed E-state index contributed by atoms with van der Waals surface area (Å²) >= 11 is 0. The summed E-state index contributed by atoms with van der Waals surface area (Å²) < 4.78 is 0. The fourth-order valence-electron chi connectivity index (χ4n) is 1.83. The normalized spacial score (nSPS) is 15.9. The quantitative estimate of drug-likeness (QED) is 0.500. The number of carbonyl (C=O) groups excluding carboxylic acids is 2. The third-order valence-corrected chi connectivity index (χ3v) is 2.71. The molecule has 1 aliphatic heterocycles. The molecule has 0 radical (unpaired) electrons. The third-order valence-electron chi connectivity index (χ3n) is 2.71. The van der Waals surface area contributed by atoms with Crippen LogP contribution in [0.25, 0.3) is 0 Å². The Morgan fingerprint density at radius 3 is 2.61 bits per heavy atom. The van der Waals surface area contributed by atoms with Gasteiger partial charge in [-0.3, -0.25) is 19.9 Å². The van der Waals surface area contributed by atoms with Gasteiger partial charge in [0.1, 0.15) is 0 Å². The summed E-state index contributed by atoms with van der Waals surface area (Å²) in [5.74, 6) is -0.0751. The first-order valence-corrected chi connectivity index (χ1v) is 5.88. The second-order valence-corrected chi connectivity index (χ2v) is 4.12. The SMILES string of the molecule is CC(=O)/C(=N\Nc1ccccc1)N1CCCC1=O. The second-order valence-electron chi connectivity index (χ2n) is 4.12. The second kappa shape index (κ2) is 5.44. The van der Waals surface area contributed by atoms with Gasteiger partial charge in [-0.1, -0.05) is 18.2 Å². The van der Waals surface area contributed by atoms with Crippen LogP contribution in [-0.2, 0) is 9.59 Å². The molecule has 5 heteroatoms. The number of carbonyl (C=O) groups is 2. The minimum atomic E-state index is -0.214. The zero-order chi connectivity index (χ0) is 13.0. The van der Waals surface area contributed by atoms with Gasteiger partial charge in [-0.2, -0.15) is 5.10 Å². The minimum absolute atomic E-state index is 0.0428. The molecule has 0 atom stereocenters. The molecule has 5 nitrogen and oxygen atoms in total. The van der Waals surface area contributed by atoms with Crippen molar-refractivity contribution in [2.24, 2.45) is 5.10 Å². The lowest BCUT2D eigenvalue weighted by atomic mass is 10.3. The summed E-state index contributed by atoms with van der Waals surface area (Å²) in [7, 11) is 0. The predicted molar refractivity (Wildman–Crippen MR) is 69.1 cm³/mol. The van der Waals surface area contributed by atoms with Crippen LogP contribution in [0, 0.1) is 0 Å². The molecule has 1 aliphatic rings. The lowest BCUT2D eigenvalue weighted by Crippen LogP contribution is -2.37. The maximum Gasteiger partial charge on any atom is 0.228 e. The number of anilines is 1. The summed E-state index contributed by atoms with van der Waals surface area (Å²) in [6.07, 6.45) is 1.26. The van der Waals surface area contributed by atoms with Crippen LogP contribution in [0.2, 0.25) is 0 Å². The molecule has 1 amide bonds. The highest BCUT2D eigenvalue weighted by Gasteiger charge is 2.27. The summed E-state index contributed by atoms with van der Waals surface area (Å²) in [5.41, 5.74) is 3.58. The number of likely N-dealkylation sites (tertiary alicyclic amines) is 1. The number of ketones is 1. The average Bonchev–Trinajstić information content (AvgIpc) is 2.77. The number of benzene rings is 1. The number of nitrogens with one attached hydrogen (secondary N) is 1. The number of amidine groups is 1. The van der Waals surface area contributed by atoms with Gasteiger partial charge in [0.2, 0.25) is 5.91 Å². The van der Waals surface area contributed by atoms with E-state index in [0.29, 0.717) is 13.0 Å². The predicted octanol–water partition coefficient (Wildman–Crippen LogP) is 1.62. The van der Waals surface area contributed by atoms with Gasteiger partial charge in [0.15, 0.2) is 11.6 Å². The fraction of sp³-hybridized carbons (Fsp3) is 0.308. The largest absolute Gasteiger partial charge is 0.292 e. The van der Waals surface area contributed by atoms with Crippen LogP contribution < -0.4 is 5.43 Å². The van der Waals surface area contributed by atoms with E-state index in [1.165, 1.54) is 11.8 Å². The minimum Gasteiger partial charge on any atom is -0.292 e. The van der Waals surface area contributed by atoms with Crippen LogP contribution in [0.4, 0.5) is 5.69 Å². The van der Waals surface area contributed by atoms with Crippen molar-refractivity contribution in [2.45, 2.75) is 19.8 Å². The van der Waals surface area contributed by atoms with E-state index in [1.54, 1.807) is 0 Å². The van der Waals surface area contributed by atoms with E-state index in [4.69, 9.17) is 0 Å². The Labute approximate surface area is 105 Å². The Balaban J connectivity index is 2.15. The number of nitrogens with zero attached hydrogens (tertiary/aromatic N) is 2. The van der Waals surface area contributed by atoms with E-state index in [2.05, 4.69) is 10.5 Å². The number of Topliss-reactive ketones (excluding diaryl/α,β-unsaturated/α-hetero) is 1. The Morgan fingerprint density at radius 1 is 1.33 bits per heavy atom. The highest BCUT2D eigenvalue weighted by atomic mass is 16.2. The number of hydrogen-bond donors (Lipinski definition) is 1. The molecule has 2 rings (SSSR count). The van der Waals surface area contributed by atoms with E-state index < -0.39 is 0 Å². The van der Waals surface area contributed by atoms with Crippen LogP contribution >= 0.6 is 0 Å². The molecule has 18 heavy (non-hydrogen) atoms. The van der Waals surface area contributed by atoms with Crippen LogP contribution in [0.5, 0.6) is 0 Å². The zero-order valence-electron chi connectivity index (χ0n) is 10.2. The first kappa shape index (κ1) is 12.3. The van der Waals surface area contributed by atoms with Crippen LogP contribution in [0.15, 0.2) is 35.4 Å². The summed E-state index contributed by atoms with van der Waals surface area (Å²) in [6, 6.07) is 9.31. The van der Waals surface area contributed by atoms with E-state index in [0.717, 1.165) is 12.1 Å². The Kier molecular flexibility index (Phi) is 3.72. The van der Waals surface area contributed by atoms with Crippen molar-refractivity contribution in [3.05, 3.63) is 30.3 Å². The van der Waals surface area contributed by atoms with Crippen molar-refractivity contribution < 1.29 is 9.59 Å². The monoisotopic (exact) mass is 245 g/mol. The van der Waals surface area contributed by atoms with Gasteiger partial charge in [-0.05, 0) is 18.6 Å². The molecule has 1 heterocycles. The van der Waals surface area contributed by atoms with Crippen LogP contribution in [0.1, 0.15) is 19.8 Å². The zero-order valence-corrected chi connectivity index (χ0v) is 10.2. The van der Waals surface area contributed by atoms with Crippen LogP contribution in [0.3, 0.4) is 0 Å². The topological polar surface area (TPSA) is 61.8 Å². The van der Waals surface area contributed by atoms with Gasteiger partial charge in [0.25, 0.3) is 0 Å². The molecule has 1 saturated heterocycles. The molecule has 1 aromatic carbocycles. The smallest absolute Gasteiger partial charge is 0.228 e. The summed E-state index contributed by atoms with van der Waals surface area (Å²) in [5, 5.41) is 4.05. The average molecular weight is 245 g/mol. The molecule has 0 bridgehead atoms. The van der Waals surface area contributed by atoms with Crippen molar-refractivity contribution in [1.82, 2.24) is 4.90 Å². The van der Waals surface area contributed by atoms with E-state index in [-0.39, 0.29) is 17.5 Å². The highest BCUT2D eigenvalue weighted by molar-refractivity contribution is 6.40. The molecule has 0 aliphatic carbocycles. The third kappa shape index (κ3) is 2.74. The van der Waals surface area contributed by atoms with Crippen molar-refractivity contribution >= 4 is 23.2 Å². The van der Waals surface area contributed by atoms with Crippen molar-refractivity contribution in [3.63, 3.8) is 0 Å². The lowest BCUT2D eigenvalue weighted by molar-refractivity contribution is -0.125. The number of hydrogen-bond acceptors (Lipinski definition) is 4. The fourth-order valence-corrected chi connectivity index (χ4v) is 1.83. The molecular weight excluding hydrogens is 230 g/mol. The molecule has 0 spiro atoms. The van der Waals surface area contributed by atoms with Crippen LogP contribution in [-0.4, -0.2) is 29.0 Å². The first-order valence-electron chi connectivity index (χ1n) is 5.88. The Bertz CT molecular complexity index is 482. The maximum atomic E-state index is 11.6. The van der Waals surface area contributed by atoms with Crippen molar-refractivity contribution in [2.75, 3.05) is 12.0 Å².